The monoisotopic (exact) mass is 445 g/mol. The highest BCUT2D eigenvalue weighted by Gasteiger charge is 2.32. The van der Waals surface area contributed by atoms with Gasteiger partial charge in [-0.1, -0.05) is 29.8 Å². The first-order valence-electron chi connectivity index (χ1n) is 9.08. The Morgan fingerprint density at radius 3 is 2.57 bits per heavy atom. The number of carbonyl (C=O) groups is 1. The quantitative estimate of drug-likeness (QED) is 0.682. The van der Waals surface area contributed by atoms with Gasteiger partial charge in [-0.15, -0.1) is 36.2 Å². The Bertz CT molecular complexity index is 726. The van der Waals surface area contributed by atoms with Crippen LogP contribution in [0.2, 0.25) is 0 Å². The van der Waals surface area contributed by atoms with Gasteiger partial charge in [-0.25, -0.2) is 4.98 Å². The SMILES string of the molecule is COCC1(CNC(=O)Cc2csc(-c3ccc(C)cc3)n2)CCNCC1.Cl.Cl. The van der Waals surface area contributed by atoms with Gasteiger partial charge in [0, 0.05) is 30.0 Å². The predicted octanol–water partition coefficient (Wildman–Crippen LogP) is 3.64. The number of amides is 1. The van der Waals surface area contributed by atoms with Crippen molar-refractivity contribution in [3.63, 3.8) is 0 Å². The molecular formula is C20H29Cl2N3O2S. The molecule has 1 aromatic heterocycles. The lowest BCUT2D eigenvalue weighted by atomic mass is 9.79. The molecule has 0 atom stereocenters. The average Bonchev–Trinajstić information content (AvgIpc) is 3.10. The lowest BCUT2D eigenvalue weighted by Crippen LogP contribution is -2.47. The van der Waals surface area contributed by atoms with Crippen molar-refractivity contribution in [2.45, 2.75) is 26.2 Å². The number of methoxy groups -OCH3 is 1. The molecule has 0 bridgehead atoms. The molecule has 1 aliphatic heterocycles. The highest BCUT2D eigenvalue weighted by molar-refractivity contribution is 7.13. The van der Waals surface area contributed by atoms with Crippen LogP contribution in [0.3, 0.4) is 0 Å². The number of ether oxygens (including phenoxy) is 1. The molecule has 0 radical (unpaired) electrons. The van der Waals surface area contributed by atoms with Gasteiger partial charge >= 0.3 is 0 Å². The minimum absolute atomic E-state index is 0. The third-order valence-electron chi connectivity index (χ3n) is 4.97. The molecular weight excluding hydrogens is 417 g/mol. The van der Waals surface area contributed by atoms with E-state index in [-0.39, 0.29) is 36.1 Å². The second-order valence-corrected chi connectivity index (χ2v) is 8.00. The Kier molecular flexibility index (Phi) is 10.4. The van der Waals surface area contributed by atoms with Crippen LogP contribution in [0.15, 0.2) is 29.6 Å². The van der Waals surface area contributed by atoms with Crippen molar-refractivity contribution >= 4 is 42.1 Å². The van der Waals surface area contributed by atoms with Gasteiger partial charge in [0.25, 0.3) is 0 Å². The molecule has 2 aromatic rings. The molecule has 1 fully saturated rings. The summed E-state index contributed by atoms with van der Waals surface area (Å²) < 4.78 is 5.41. The lowest BCUT2D eigenvalue weighted by Gasteiger charge is -2.37. The standard InChI is InChI=1S/C20H27N3O2S.2ClH/c1-15-3-5-16(6-4-15)19-23-17(12-26-19)11-18(24)22-13-20(14-25-2)7-9-21-10-8-20;;/h3-6,12,21H,7-11,13-14H2,1-2H3,(H,22,24);2*1H. The van der Waals surface area contributed by atoms with Crippen molar-refractivity contribution in [2.75, 3.05) is 33.4 Å². The van der Waals surface area contributed by atoms with E-state index in [9.17, 15) is 4.79 Å². The first-order valence-corrected chi connectivity index (χ1v) is 9.96. The summed E-state index contributed by atoms with van der Waals surface area (Å²) in [6.07, 6.45) is 2.37. The van der Waals surface area contributed by atoms with Gasteiger partial charge in [-0.05, 0) is 32.9 Å². The fraction of sp³-hybridized carbons (Fsp3) is 0.500. The number of hydrogen-bond acceptors (Lipinski definition) is 5. The van der Waals surface area contributed by atoms with E-state index in [1.54, 1.807) is 18.4 Å². The average molecular weight is 446 g/mol. The van der Waals surface area contributed by atoms with E-state index < -0.39 is 0 Å². The molecule has 1 saturated heterocycles. The summed E-state index contributed by atoms with van der Waals surface area (Å²) in [6, 6.07) is 8.31. The fourth-order valence-corrected chi connectivity index (χ4v) is 4.19. The molecule has 2 heterocycles. The summed E-state index contributed by atoms with van der Waals surface area (Å²) in [5, 5.41) is 9.41. The van der Waals surface area contributed by atoms with E-state index in [2.05, 4.69) is 46.8 Å². The number of piperidine rings is 1. The Morgan fingerprint density at radius 1 is 1.25 bits per heavy atom. The van der Waals surface area contributed by atoms with Gasteiger partial charge < -0.3 is 15.4 Å². The molecule has 3 rings (SSSR count). The Labute approximate surface area is 183 Å². The van der Waals surface area contributed by atoms with Gasteiger partial charge in [-0.2, -0.15) is 0 Å². The molecule has 8 heteroatoms. The summed E-state index contributed by atoms with van der Waals surface area (Å²) in [6.45, 7) is 5.37. The molecule has 2 N–H and O–H groups in total. The third-order valence-corrected chi connectivity index (χ3v) is 5.91. The maximum absolute atomic E-state index is 12.4. The lowest BCUT2D eigenvalue weighted by molar-refractivity contribution is -0.121. The Balaban J connectivity index is 0.00000196. The first kappa shape index (κ1) is 24.9. The van der Waals surface area contributed by atoms with Crippen LogP contribution < -0.4 is 10.6 Å². The minimum atomic E-state index is 0. The number of rotatable bonds is 7. The molecule has 0 saturated carbocycles. The summed E-state index contributed by atoms with van der Waals surface area (Å²) in [7, 11) is 1.73. The highest BCUT2D eigenvalue weighted by Crippen LogP contribution is 2.28. The summed E-state index contributed by atoms with van der Waals surface area (Å²) in [5.41, 5.74) is 3.20. The van der Waals surface area contributed by atoms with Gasteiger partial charge in [-0.3, -0.25) is 4.79 Å². The topological polar surface area (TPSA) is 63.2 Å². The van der Waals surface area contributed by atoms with E-state index in [4.69, 9.17) is 4.74 Å². The normalized spacial score (nSPS) is 15.2. The van der Waals surface area contributed by atoms with Crippen LogP contribution in [0.25, 0.3) is 10.6 Å². The number of hydrogen-bond donors (Lipinski definition) is 2. The van der Waals surface area contributed by atoms with Crippen LogP contribution in [0.5, 0.6) is 0 Å². The maximum atomic E-state index is 12.4. The van der Waals surface area contributed by atoms with Gasteiger partial charge in [0.1, 0.15) is 5.01 Å². The van der Waals surface area contributed by atoms with Crippen LogP contribution in [-0.4, -0.2) is 44.2 Å². The van der Waals surface area contributed by atoms with E-state index in [0.717, 1.165) is 42.2 Å². The third kappa shape index (κ3) is 6.71. The molecule has 5 nitrogen and oxygen atoms in total. The number of aromatic nitrogens is 1. The molecule has 1 aliphatic rings. The second-order valence-electron chi connectivity index (χ2n) is 7.15. The second kappa shape index (κ2) is 11.7. The highest BCUT2D eigenvalue weighted by atomic mass is 35.5. The Morgan fingerprint density at radius 2 is 1.93 bits per heavy atom. The van der Waals surface area contributed by atoms with Crippen molar-refractivity contribution in [3.05, 3.63) is 40.9 Å². The van der Waals surface area contributed by atoms with Crippen LogP contribution in [0.1, 0.15) is 24.1 Å². The van der Waals surface area contributed by atoms with Gasteiger partial charge in [0.2, 0.25) is 5.91 Å². The number of aryl methyl sites for hydroxylation is 1. The number of carbonyl (C=O) groups excluding carboxylic acids is 1. The number of nitrogens with zero attached hydrogens (tertiary/aromatic N) is 1. The predicted molar refractivity (Wildman–Crippen MR) is 120 cm³/mol. The zero-order chi connectivity index (χ0) is 18.4. The molecule has 1 aromatic carbocycles. The first-order chi connectivity index (χ1) is 12.6. The van der Waals surface area contributed by atoms with Crippen LogP contribution in [0.4, 0.5) is 0 Å². The zero-order valence-corrected chi connectivity index (χ0v) is 18.8. The van der Waals surface area contributed by atoms with Crippen molar-refractivity contribution in [2.24, 2.45) is 5.41 Å². The van der Waals surface area contributed by atoms with Gasteiger partial charge in [0.05, 0.1) is 18.7 Å². The van der Waals surface area contributed by atoms with Crippen molar-refractivity contribution in [3.8, 4) is 10.6 Å². The summed E-state index contributed by atoms with van der Waals surface area (Å²) >= 11 is 1.58. The maximum Gasteiger partial charge on any atom is 0.226 e. The molecule has 0 unspecified atom stereocenters. The minimum Gasteiger partial charge on any atom is -0.384 e. The van der Waals surface area contributed by atoms with Crippen molar-refractivity contribution in [1.29, 1.82) is 0 Å². The van der Waals surface area contributed by atoms with Crippen LogP contribution in [-0.2, 0) is 16.0 Å². The molecule has 0 aliphatic carbocycles. The summed E-state index contributed by atoms with van der Waals surface area (Å²) in [4.78, 5) is 17.0. The van der Waals surface area contributed by atoms with E-state index in [0.29, 0.717) is 19.6 Å². The number of nitrogens with one attached hydrogen (secondary N) is 2. The van der Waals surface area contributed by atoms with Crippen molar-refractivity contribution < 1.29 is 9.53 Å². The van der Waals surface area contributed by atoms with Crippen LogP contribution >= 0.6 is 36.2 Å². The van der Waals surface area contributed by atoms with E-state index >= 15 is 0 Å². The molecule has 28 heavy (non-hydrogen) atoms. The Hall–Kier alpha value is -1.18. The molecule has 1 amide bonds. The molecule has 156 valence electrons. The molecule has 0 spiro atoms. The fourth-order valence-electron chi connectivity index (χ4n) is 3.37. The number of thiazole rings is 1. The van der Waals surface area contributed by atoms with Gasteiger partial charge in [0.15, 0.2) is 0 Å². The number of halogens is 2. The van der Waals surface area contributed by atoms with E-state index in [1.807, 2.05) is 5.38 Å². The largest absolute Gasteiger partial charge is 0.384 e. The number of benzene rings is 1. The van der Waals surface area contributed by atoms with E-state index in [1.165, 1.54) is 5.56 Å². The zero-order valence-electron chi connectivity index (χ0n) is 16.3. The van der Waals surface area contributed by atoms with Crippen LogP contribution in [0, 0.1) is 12.3 Å². The smallest absolute Gasteiger partial charge is 0.226 e. The summed E-state index contributed by atoms with van der Waals surface area (Å²) in [5.74, 6) is 0.0276. The van der Waals surface area contributed by atoms with Crippen molar-refractivity contribution in [1.82, 2.24) is 15.6 Å².